The molecule has 0 fully saturated rings. The summed E-state index contributed by atoms with van der Waals surface area (Å²) >= 11 is 0. The molecule has 0 aliphatic rings. The van der Waals surface area contributed by atoms with Gasteiger partial charge in [-0.05, 0) is 144 Å². The Morgan fingerprint density at radius 3 is 1.35 bits per heavy atom. The number of unbranched alkanes of at least 4 members (excludes halogenated alkanes) is 2. The number of amides is 7. The molecule has 27 nitrogen and oxygen atoms in total. The Balaban J connectivity index is 1.23. The zero-order valence-electron chi connectivity index (χ0n) is 66.4. The fourth-order valence-corrected chi connectivity index (χ4v) is 14.1. The van der Waals surface area contributed by atoms with Crippen molar-refractivity contribution in [2.75, 3.05) is 26.2 Å². The number of aromatic nitrogens is 1. The second-order valence-electron chi connectivity index (χ2n) is 30.4. The van der Waals surface area contributed by atoms with Gasteiger partial charge < -0.3 is 74.2 Å². The van der Waals surface area contributed by atoms with Crippen LogP contribution in [0, 0.1) is 41.4 Å². The lowest BCUT2D eigenvalue weighted by Gasteiger charge is -2.27. The number of para-hydroxylation sites is 1. The molecule has 16 N–H and O–H groups in total. The van der Waals surface area contributed by atoms with E-state index in [1.165, 1.54) is 13.8 Å². The third kappa shape index (κ3) is 32.2. The highest BCUT2D eigenvalue weighted by Crippen LogP contribution is 2.27. The number of benzene rings is 5. The van der Waals surface area contributed by atoms with Crippen LogP contribution in [0.5, 0.6) is 0 Å². The van der Waals surface area contributed by atoms with Crippen LogP contribution in [0.1, 0.15) is 158 Å². The van der Waals surface area contributed by atoms with E-state index in [0.717, 1.165) is 16.5 Å². The topological polar surface area (TPSA) is 466 Å². The van der Waals surface area contributed by atoms with Crippen molar-refractivity contribution in [3.05, 3.63) is 180 Å². The van der Waals surface area contributed by atoms with E-state index < -0.39 is 206 Å². The molecule has 6 aromatic rings. The van der Waals surface area contributed by atoms with E-state index in [1.807, 2.05) is 56.3 Å². The number of aromatic amines is 1. The Morgan fingerprint density at radius 2 is 0.852 bits per heavy atom. The quantitative estimate of drug-likeness (QED) is 0.0191. The number of aliphatic hydroxyl groups excluding tert-OH is 2. The minimum absolute atomic E-state index is 0.00269. The molecule has 0 spiro atoms. The van der Waals surface area contributed by atoms with Gasteiger partial charge >= 0.3 is 5.97 Å². The molecular formula is C88H116N10O17. The number of hydrogen-bond donors (Lipinski definition) is 13. The second-order valence-corrected chi connectivity index (χ2v) is 30.4. The molecule has 7 amide bonds. The fourth-order valence-electron chi connectivity index (χ4n) is 14.1. The van der Waals surface area contributed by atoms with Crippen LogP contribution in [0.3, 0.4) is 0 Å². The molecule has 0 radical (unpaired) electrons. The number of fused-ring (bicyclic) bond motifs is 1. The van der Waals surface area contributed by atoms with Crippen LogP contribution in [0.4, 0.5) is 0 Å². The average molecular weight is 1590 g/mol. The molecule has 0 bridgehead atoms. The maximum Gasteiger partial charge on any atom is 0.303 e. The number of nitrogens with one attached hydrogen (secondary N) is 7. The summed E-state index contributed by atoms with van der Waals surface area (Å²) in [7, 11) is 0. The van der Waals surface area contributed by atoms with E-state index in [9.17, 15) is 68.1 Å². The summed E-state index contributed by atoms with van der Waals surface area (Å²) < 4.78 is 0. The monoisotopic (exact) mass is 1580 g/mol. The number of Topliss-reactive ketones (excluding diaryl/α,β-unsaturated/α-hetero) is 6. The third-order valence-corrected chi connectivity index (χ3v) is 20.9. The molecule has 6 rings (SSSR count). The number of rotatable bonds is 56. The summed E-state index contributed by atoms with van der Waals surface area (Å²) in [5.74, 6) is -17.2. The highest BCUT2D eigenvalue weighted by molar-refractivity contribution is 6.00. The summed E-state index contributed by atoms with van der Waals surface area (Å²) in [4.78, 5) is 201. The predicted molar refractivity (Wildman–Crippen MR) is 434 cm³/mol. The molecule has 620 valence electrons. The normalized spacial score (nSPS) is 14.7. The van der Waals surface area contributed by atoms with Gasteiger partial charge in [0.25, 0.3) is 0 Å². The minimum Gasteiger partial charge on any atom is -0.481 e. The largest absolute Gasteiger partial charge is 0.481 e. The van der Waals surface area contributed by atoms with Crippen LogP contribution in [0.15, 0.2) is 152 Å². The van der Waals surface area contributed by atoms with Crippen LogP contribution in [-0.2, 0) is 99.2 Å². The van der Waals surface area contributed by atoms with Gasteiger partial charge in [0.05, 0.1) is 49.3 Å². The molecule has 0 saturated heterocycles. The molecule has 5 aromatic carbocycles. The van der Waals surface area contributed by atoms with Crippen molar-refractivity contribution in [2.45, 2.75) is 199 Å². The van der Waals surface area contributed by atoms with Crippen molar-refractivity contribution >= 4 is 92.9 Å². The van der Waals surface area contributed by atoms with E-state index in [-0.39, 0.29) is 82.6 Å². The summed E-state index contributed by atoms with van der Waals surface area (Å²) in [5.41, 5.74) is 21.6. The summed E-state index contributed by atoms with van der Waals surface area (Å²) in [6, 6.07) is 36.0. The van der Waals surface area contributed by atoms with Gasteiger partial charge in [-0.15, -0.1) is 0 Å². The van der Waals surface area contributed by atoms with E-state index in [4.69, 9.17) is 17.2 Å². The number of H-pyrrole nitrogens is 1. The lowest BCUT2D eigenvalue weighted by atomic mass is 9.86. The van der Waals surface area contributed by atoms with E-state index >= 15 is 14.4 Å². The first-order chi connectivity index (χ1) is 55.1. The zero-order chi connectivity index (χ0) is 83.9. The number of primary amides is 1. The number of nitrogens with two attached hydrogens (primary N) is 3. The molecule has 27 heteroatoms. The lowest BCUT2D eigenvalue weighted by molar-refractivity contribution is -0.139. The predicted octanol–water partition coefficient (Wildman–Crippen LogP) is 6.11. The SMILES string of the molecule is CCC(C)C[C@H](NC(=O)[C@@H](CC(=O)[C@H](CCCCN)NC(=O)[C@H](CCCCN)CC(=O)[C@H](CCC(=O)O)NC(=O)[C@H](CO)CC(=O)[C@H](Cc1ccccc1)NC(=O)[C@@H](CC(C)=O)Cc1ccccc1)Cc1ccccc1)C(=O)C[C@@H](Cc1c[nH]c2ccccc12)C(=O)NCC(=O)C[C@@H](Cc1ccccc1)C(=O)N[C@H](C(N)=O)[C@@H](C)O. The standard InChI is InChI=1S/C88H116N10O17/c1-5-55(2)40-74(78(105)50-66(46-67-52-92-71-34-19-18-33-70(67)71)83(110)93-53-69(102)47-64(43-59-26-12-7-13-27-59)87(114)98-81(57(4)101)82(91)109)96-86(113)65(44-60-28-14-8-15-29-60)49-77(104)72(35-21-23-39-90)94-84(111)62(32-20-22-38-89)48-76(103)73(36-37-80(107)108)95-88(115)68(54-99)51-79(106)75(45-61-30-16-9-17-31-61)97-85(112)63(41-56(3)100)42-58-24-10-6-11-25-58/h6-19,24-31,33-34,52,55,57,62-66,68,72-75,81,92,99,101H,5,20-23,32,35-51,53-54,89-90H2,1-4H3,(H2,91,109)(H,93,110)(H,94,111)(H,95,115)(H,96,113)(H,97,112)(H,98,114)(H,107,108)/t55?,57-,62-,63+,64-,65-,66-,68+,72+,73+,74+,75+,81+/m1/s1. The van der Waals surface area contributed by atoms with Crippen LogP contribution < -0.4 is 49.1 Å². The van der Waals surface area contributed by atoms with Gasteiger partial charge in [0.15, 0.2) is 28.9 Å². The van der Waals surface area contributed by atoms with Crippen LogP contribution in [0.2, 0.25) is 0 Å². The van der Waals surface area contributed by atoms with Gasteiger partial charge in [-0.1, -0.05) is 166 Å². The number of carboxylic acids is 1. The maximum absolute atomic E-state index is 15.2. The Bertz CT molecular complexity index is 4180. The van der Waals surface area contributed by atoms with Gasteiger partial charge in [-0.25, -0.2) is 0 Å². The number of aliphatic hydroxyl groups is 2. The first-order valence-corrected chi connectivity index (χ1v) is 39.9. The number of hydrogen-bond acceptors (Lipinski definition) is 18. The van der Waals surface area contributed by atoms with Crippen molar-refractivity contribution in [1.82, 2.24) is 36.9 Å². The van der Waals surface area contributed by atoms with Crippen molar-refractivity contribution in [3.8, 4) is 0 Å². The van der Waals surface area contributed by atoms with Crippen LogP contribution in [0.25, 0.3) is 10.9 Å². The molecule has 0 aliphatic heterocycles. The summed E-state index contributed by atoms with van der Waals surface area (Å²) in [6.07, 6.45) is -0.975. The lowest BCUT2D eigenvalue weighted by Crippen LogP contribution is -2.52. The fraction of sp³-hybridized carbons (Fsp3) is 0.477. The van der Waals surface area contributed by atoms with E-state index in [1.54, 1.807) is 109 Å². The van der Waals surface area contributed by atoms with Crippen molar-refractivity contribution in [2.24, 2.45) is 58.6 Å². The molecule has 1 unspecified atom stereocenters. The number of carboxylic acid groups (broad SMARTS) is 1. The second kappa shape index (κ2) is 49.1. The average Bonchev–Trinajstić information content (AvgIpc) is 1.70. The van der Waals surface area contributed by atoms with E-state index in [2.05, 4.69) is 36.9 Å². The first kappa shape index (κ1) is 93.1. The van der Waals surface area contributed by atoms with Gasteiger partial charge in [0.1, 0.15) is 11.8 Å². The van der Waals surface area contributed by atoms with Crippen molar-refractivity contribution < 1.29 is 82.4 Å². The Morgan fingerprint density at radius 1 is 0.443 bits per heavy atom. The Labute approximate surface area is 672 Å². The molecule has 0 saturated carbocycles. The number of ketones is 6. The van der Waals surface area contributed by atoms with Crippen LogP contribution in [-0.4, -0.2) is 165 Å². The molecule has 115 heavy (non-hydrogen) atoms. The first-order valence-electron chi connectivity index (χ1n) is 39.9. The van der Waals surface area contributed by atoms with E-state index in [0.29, 0.717) is 54.4 Å². The Kier molecular flexibility index (Phi) is 39.8. The van der Waals surface area contributed by atoms with Gasteiger partial charge in [-0.3, -0.25) is 62.3 Å². The van der Waals surface area contributed by atoms with Crippen molar-refractivity contribution in [1.29, 1.82) is 0 Å². The molecule has 13 atom stereocenters. The highest BCUT2D eigenvalue weighted by atomic mass is 16.4. The number of carbonyl (C=O) groups is 14. The Hall–Kier alpha value is -10.7. The molecule has 0 aliphatic carbocycles. The third-order valence-electron chi connectivity index (χ3n) is 20.9. The highest BCUT2D eigenvalue weighted by Gasteiger charge is 2.38. The maximum atomic E-state index is 15.2. The number of carbonyl (C=O) groups excluding carboxylic acids is 13. The van der Waals surface area contributed by atoms with Gasteiger partial charge in [0, 0.05) is 91.6 Å². The molecule has 1 aromatic heterocycles. The smallest absolute Gasteiger partial charge is 0.303 e. The van der Waals surface area contributed by atoms with Gasteiger partial charge in [0.2, 0.25) is 41.4 Å². The zero-order valence-corrected chi connectivity index (χ0v) is 66.4. The van der Waals surface area contributed by atoms with Crippen molar-refractivity contribution in [3.63, 3.8) is 0 Å². The summed E-state index contributed by atoms with van der Waals surface area (Å²) in [5, 5.41) is 48.1. The minimum atomic E-state index is -1.57. The summed E-state index contributed by atoms with van der Waals surface area (Å²) in [6.45, 7) is 5.40. The molecule has 1 heterocycles. The van der Waals surface area contributed by atoms with Gasteiger partial charge in [-0.2, -0.15) is 0 Å². The van der Waals surface area contributed by atoms with Crippen LogP contribution >= 0.6 is 0 Å². The molecular weight excluding hydrogens is 1470 g/mol. The number of aliphatic carboxylic acids is 1.